The average Bonchev–Trinajstić information content (AvgIpc) is 2.37. The quantitative estimate of drug-likeness (QED) is 0.742. The minimum absolute atomic E-state index is 0.0806. The van der Waals surface area contributed by atoms with Gasteiger partial charge in [0.1, 0.15) is 0 Å². The molecule has 3 unspecified atom stereocenters. The van der Waals surface area contributed by atoms with Crippen molar-refractivity contribution >= 4 is 0 Å². The molecule has 0 saturated heterocycles. The van der Waals surface area contributed by atoms with E-state index in [1.807, 2.05) is 37.3 Å². The largest absolute Gasteiger partial charge is 0.391 e. The summed E-state index contributed by atoms with van der Waals surface area (Å²) in [7, 11) is 1.71. The molecule has 1 rings (SSSR count). The van der Waals surface area contributed by atoms with Crippen LogP contribution in [0, 0.1) is 0 Å². The second kappa shape index (κ2) is 8.25. The number of methoxy groups -OCH3 is 1. The monoisotopic (exact) mass is 251 g/mol. The molecule has 2 N–H and O–H groups in total. The van der Waals surface area contributed by atoms with Gasteiger partial charge in [0, 0.05) is 25.8 Å². The zero-order valence-electron chi connectivity index (χ0n) is 11.6. The molecule has 18 heavy (non-hydrogen) atoms. The van der Waals surface area contributed by atoms with Crippen LogP contribution in [0.25, 0.3) is 0 Å². The summed E-state index contributed by atoms with van der Waals surface area (Å²) in [6.45, 7) is 4.89. The Hall–Kier alpha value is -0.900. The predicted molar refractivity (Wildman–Crippen MR) is 74.7 cm³/mol. The highest BCUT2D eigenvalue weighted by atomic mass is 16.5. The van der Waals surface area contributed by atoms with E-state index in [9.17, 15) is 5.11 Å². The summed E-state index contributed by atoms with van der Waals surface area (Å²) in [6, 6.07) is 10.5. The topological polar surface area (TPSA) is 41.5 Å². The maximum absolute atomic E-state index is 10.2. The van der Waals surface area contributed by atoms with Crippen molar-refractivity contribution in [2.75, 3.05) is 13.7 Å². The smallest absolute Gasteiger partial charge is 0.0730 e. The first-order chi connectivity index (χ1) is 8.63. The van der Waals surface area contributed by atoms with Gasteiger partial charge in [-0.2, -0.15) is 0 Å². The Morgan fingerprint density at radius 1 is 1.22 bits per heavy atom. The summed E-state index contributed by atoms with van der Waals surface area (Å²) in [5.41, 5.74) is 1.17. The SMILES string of the molecule is COCCC(C)NC(C)C(O)Cc1ccccc1. The maximum Gasteiger partial charge on any atom is 0.0730 e. The lowest BCUT2D eigenvalue weighted by atomic mass is 10.0. The molecule has 1 aromatic rings. The van der Waals surface area contributed by atoms with E-state index in [2.05, 4.69) is 12.2 Å². The standard InChI is InChI=1S/C15H25NO2/c1-12(9-10-18-3)16-13(2)15(17)11-14-7-5-4-6-8-14/h4-8,12-13,15-17H,9-11H2,1-3H3. The van der Waals surface area contributed by atoms with E-state index in [1.54, 1.807) is 7.11 Å². The Morgan fingerprint density at radius 3 is 2.50 bits per heavy atom. The molecule has 0 spiro atoms. The third kappa shape index (κ3) is 5.63. The molecule has 0 aliphatic heterocycles. The van der Waals surface area contributed by atoms with Gasteiger partial charge in [-0.3, -0.25) is 0 Å². The summed E-state index contributed by atoms with van der Waals surface area (Å²) in [6.07, 6.45) is 1.28. The van der Waals surface area contributed by atoms with Gasteiger partial charge in [-0.05, 0) is 32.3 Å². The first-order valence-electron chi connectivity index (χ1n) is 6.60. The lowest BCUT2D eigenvalue weighted by molar-refractivity contribution is 0.122. The molecule has 0 radical (unpaired) electrons. The molecule has 0 bridgehead atoms. The van der Waals surface area contributed by atoms with Gasteiger partial charge >= 0.3 is 0 Å². The molecule has 0 heterocycles. The van der Waals surface area contributed by atoms with Gasteiger partial charge in [0.2, 0.25) is 0 Å². The van der Waals surface area contributed by atoms with Gasteiger partial charge in [0.25, 0.3) is 0 Å². The van der Waals surface area contributed by atoms with Crippen LogP contribution in [0.1, 0.15) is 25.8 Å². The van der Waals surface area contributed by atoms with E-state index in [0.717, 1.165) is 13.0 Å². The van der Waals surface area contributed by atoms with Gasteiger partial charge in [0.05, 0.1) is 6.10 Å². The summed E-state index contributed by atoms with van der Waals surface area (Å²) >= 11 is 0. The van der Waals surface area contributed by atoms with E-state index in [4.69, 9.17) is 4.74 Å². The van der Waals surface area contributed by atoms with Crippen LogP contribution in [-0.4, -0.2) is 37.0 Å². The van der Waals surface area contributed by atoms with E-state index in [0.29, 0.717) is 12.5 Å². The van der Waals surface area contributed by atoms with Crippen LogP contribution in [-0.2, 0) is 11.2 Å². The van der Waals surface area contributed by atoms with E-state index in [1.165, 1.54) is 5.56 Å². The summed E-state index contributed by atoms with van der Waals surface area (Å²) in [4.78, 5) is 0. The number of aliphatic hydroxyl groups excluding tert-OH is 1. The Bertz CT molecular complexity index is 316. The second-order valence-electron chi connectivity index (χ2n) is 4.89. The molecule has 0 amide bonds. The van der Waals surface area contributed by atoms with Crippen molar-refractivity contribution in [3.63, 3.8) is 0 Å². The molecule has 3 heteroatoms. The van der Waals surface area contributed by atoms with Crippen LogP contribution in [0.15, 0.2) is 30.3 Å². The summed E-state index contributed by atoms with van der Waals surface area (Å²) in [5.74, 6) is 0. The van der Waals surface area contributed by atoms with Crippen LogP contribution >= 0.6 is 0 Å². The molecule has 0 fully saturated rings. The fourth-order valence-corrected chi connectivity index (χ4v) is 1.97. The average molecular weight is 251 g/mol. The number of ether oxygens (including phenoxy) is 1. The van der Waals surface area contributed by atoms with E-state index in [-0.39, 0.29) is 12.1 Å². The van der Waals surface area contributed by atoms with Gasteiger partial charge in [0.15, 0.2) is 0 Å². The predicted octanol–water partition coefficient (Wildman–Crippen LogP) is 1.99. The zero-order valence-corrected chi connectivity index (χ0v) is 11.6. The number of rotatable bonds is 8. The first kappa shape index (κ1) is 15.2. The highest BCUT2D eigenvalue weighted by molar-refractivity contribution is 5.15. The Kier molecular flexibility index (Phi) is 6.94. The van der Waals surface area contributed by atoms with Gasteiger partial charge in [-0.15, -0.1) is 0 Å². The summed E-state index contributed by atoms with van der Waals surface area (Å²) in [5, 5.41) is 13.6. The molecule has 0 aliphatic rings. The van der Waals surface area contributed by atoms with Crippen molar-refractivity contribution in [2.45, 2.75) is 44.9 Å². The minimum atomic E-state index is -0.364. The van der Waals surface area contributed by atoms with E-state index >= 15 is 0 Å². The summed E-state index contributed by atoms with van der Waals surface area (Å²) < 4.78 is 5.05. The van der Waals surface area contributed by atoms with Gasteiger partial charge in [-0.25, -0.2) is 0 Å². The molecule has 102 valence electrons. The number of hydrogen-bond acceptors (Lipinski definition) is 3. The molecular weight excluding hydrogens is 226 g/mol. The zero-order chi connectivity index (χ0) is 13.4. The molecule has 0 saturated carbocycles. The molecule has 3 atom stereocenters. The molecule has 1 aromatic carbocycles. The molecular formula is C15H25NO2. The maximum atomic E-state index is 10.2. The van der Waals surface area contributed by atoms with Crippen molar-refractivity contribution in [1.82, 2.24) is 5.32 Å². The fraction of sp³-hybridized carbons (Fsp3) is 0.600. The normalized spacial score (nSPS) is 16.2. The Balaban J connectivity index is 2.34. The number of benzene rings is 1. The van der Waals surface area contributed by atoms with Crippen molar-refractivity contribution in [3.8, 4) is 0 Å². The molecule has 0 aliphatic carbocycles. The Labute approximate surface area is 110 Å². The number of nitrogens with one attached hydrogen (secondary N) is 1. The van der Waals surface area contributed by atoms with Crippen molar-refractivity contribution < 1.29 is 9.84 Å². The lowest BCUT2D eigenvalue weighted by Crippen LogP contribution is -2.43. The van der Waals surface area contributed by atoms with Gasteiger partial charge in [-0.1, -0.05) is 30.3 Å². The van der Waals surface area contributed by atoms with Crippen LogP contribution in [0.4, 0.5) is 0 Å². The number of hydrogen-bond donors (Lipinski definition) is 2. The first-order valence-corrected chi connectivity index (χ1v) is 6.60. The highest BCUT2D eigenvalue weighted by Crippen LogP contribution is 2.07. The lowest BCUT2D eigenvalue weighted by Gasteiger charge is -2.24. The van der Waals surface area contributed by atoms with Crippen molar-refractivity contribution in [2.24, 2.45) is 0 Å². The minimum Gasteiger partial charge on any atom is -0.391 e. The molecule has 0 aromatic heterocycles. The highest BCUT2D eigenvalue weighted by Gasteiger charge is 2.16. The Morgan fingerprint density at radius 2 is 1.89 bits per heavy atom. The fourth-order valence-electron chi connectivity index (χ4n) is 1.97. The van der Waals surface area contributed by atoms with Crippen LogP contribution in [0.2, 0.25) is 0 Å². The second-order valence-corrected chi connectivity index (χ2v) is 4.89. The van der Waals surface area contributed by atoms with E-state index < -0.39 is 0 Å². The molecule has 3 nitrogen and oxygen atoms in total. The van der Waals surface area contributed by atoms with Crippen molar-refractivity contribution in [1.29, 1.82) is 0 Å². The van der Waals surface area contributed by atoms with Crippen LogP contribution in [0.5, 0.6) is 0 Å². The van der Waals surface area contributed by atoms with Gasteiger partial charge < -0.3 is 15.2 Å². The van der Waals surface area contributed by atoms with Crippen LogP contribution in [0.3, 0.4) is 0 Å². The van der Waals surface area contributed by atoms with Crippen LogP contribution < -0.4 is 5.32 Å². The van der Waals surface area contributed by atoms with Crippen molar-refractivity contribution in [3.05, 3.63) is 35.9 Å². The number of aliphatic hydroxyl groups is 1. The third-order valence-corrected chi connectivity index (χ3v) is 3.17. The third-order valence-electron chi connectivity index (χ3n) is 3.17.